The number of carbonyl (C=O) groups is 4. The average Bonchev–Trinajstić information content (AvgIpc) is 2.74. The van der Waals surface area contributed by atoms with E-state index in [1.165, 1.54) is 6.92 Å². The molecule has 0 saturated heterocycles. The smallest absolute Gasteiger partial charge is 0.326 e. The van der Waals surface area contributed by atoms with Gasteiger partial charge in [0, 0.05) is 12.2 Å². The predicted octanol–water partition coefficient (Wildman–Crippen LogP) is -0.938. The zero-order chi connectivity index (χ0) is 24.4. The normalized spacial score (nSPS) is 15.7. The predicted molar refractivity (Wildman–Crippen MR) is 122 cm³/mol. The van der Waals surface area contributed by atoms with Crippen LogP contribution < -0.4 is 21.7 Å². The van der Waals surface area contributed by atoms with Crippen LogP contribution in [0.2, 0.25) is 0 Å². The SMILES string of the molecule is CC(C)C(N)C(=O)NC(C(=O)NC(CS)C(=O)NC(Cc1ccccc1)C(=O)O)C(C)O. The van der Waals surface area contributed by atoms with Crippen LogP contribution in [0, 0.1) is 5.92 Å². The summed E-state index contributed by atoms with van der Waals surface area (Å²) in [5, 5.41) is 26.6. The summed E-state index contributed by atoms with van der Waals surface area (Å²) in [6.45, 7) is 4.77. The number of hydrogen-bond donors (Lipinski definition) is 7. The molecule has 1 rings (SSSR count). The van der Waals surface area contributed by atoms with Crippen LogP contribution in [0.3, 0.4) is 0 Å². The van der Waals surface area contributed by atoms with Crippen molar-refractivity contribution in [1.29, 1.82) is 0 Å². The Kier molecular flexibility index (Phi) is 11.2. The van der Waals surface area contributed by atoms with Crippen molar-refractivity contribution in [1.82, 2.24) is 16.0 Å². The fourth-order valence-corrected chi connectivity index (χ4v) is 2.99. The highest BCUT2D eigenvalue weighted by Gasteiger charge is 2.32. The molecule has 5 atom stereocenters. The first-order valence-electron chi connectivity index (χ1n) is 10.2. The number of aliphatic hydroxyl groups is 1. The summed E-state index contributed by atoms with van der Waals surface area (Å²) in [6.07, 6.45) is -1.22. The Morgan fingerprint density at radius 2 is 1.50 bits per heavy atom. The molecule has 1 aromatic rings. The number of rotatable bonds is 12. The Balaban J connectivity index is 2.84. The van der Waals surface area contributed by atoms with Crippen molar-refractivity contribution in [3.63, 3.8) is 0 Å². The van der Waals surface area contributed by atoms with Gasteiger partial charge in [0.05, 0.1) is 12.1 Å². The lowest BCUT2D eigenvalue weighted by atomic mass is 10.0. The van der Waals surface area contributed by atoms with Gasteiger partial charge < -0.3 is 31.9 Å². The van der Waals surface area contributed by atoms with E-state index < -0.39 is 54.0 Å². The van der Waals surface area contributed by atoms with Gasteiger partial charge in [0.15, 0.2) is 0 Å². The maximum atomic E-state index is 12.6. The minimum absolute atomic E-state index is 0.0502. The molecule has 0 heterocycles. The molecular weight excluding hydrogens is 436 g/mol. The molecule has 0 fully saturated rings. The topological polar surface area (TPSA) is 171 Å². The average molecular weight is 469 g/mol. The lowest BCUT2D eigenvalue weighted by molar-refractivity contribution is -0.142. The van der Waals surface area contributed by atoms with E-state index in [0.717, 1.165) is 0 Å². The highest BCUT2D eigenvalue weighted by Crippen LogP contribution is 2.05. The fraction of sp³-hybridized carbons (Fsp3) is 0.524. The van der Waals surface area contributed by atoms with Crippen molar-refractivity contribution >= 4 is 36.3 Å². The van der Waals surface area contributed by atoms with Gasteiger partial charge in [-0.3, -0.25) is 14.4 Å². The van der Waals surface area contributed by atoms with Crippen LogP contribution in [0.5, 0.6) is 0 Å². The highest BCUT2D eigenvalue weighted by molar-refractivity contribution is 7.80. The zero-order valence-electron chi connectivity index (χ0n) is 18.3. The van der Waals surface area contributed by atoms with E-state index in [9.17, 15) is 29.4 Å². The first kappa shape index (κ1) is 27.4. The number of carboxylic acid groups (broad SMARTS) is 1. The number of nitrogens with one attached hydrogen (secondary N) is 3. The molecule has 178 valence electrons. The van der Waals surface area contributed by atoms with Crippen LogP contribution in [0.25, 0.3) is 0 Å². The van der Waals surface area contributed by atoms with E-state index in [-0.39, 0.29) is 18.1 Å². The van der Waals surface area contributed by atoms with Gasteiger partial charge in [-0.15, -0.1) is 0 Å². The molecule has 7 N–H and O–H groups in total. The minimum Gasteiger partial charge on any atom is -0.480 e. The molecule has 1 aromatic carbocycles. The Morgan fingerprint density at radius 3 is 1.97 bits per heavy atom. The number of carboxylic acids is 1. The molecule has 3 amide bonds. The number of aliphatic hydroxyl groups excluding tert-OH is 1. The van der Waals surface area contributed by atoms with E-state index >= 15 is 0 Å². The molecule has 10 nitrogen and oxygen atoms in total. The molecule has 32 heavy (non-hydrogen) atoms. The Morgan fingerprint density at radius 1 is 0.938 bits per heavy atom. The maximum absolute atomic E-state index is 12.6. The van der Waals surface area contributed by atoms with Gasteiger partial charge in [-0.25, -0.2) is 4.79 Å². The molecule has 0 spiro atoms. The second-order valence-electron chi connectivity index (χ2n) is 7.83. The number of hydrogen-bond acceptors (Lipinski definition) is 7. The first-order valence-corrected chi connectivity index (χ1v) is 10.8. The van der Waals surface area contributed by atoms with Crippen LogP contribution >= 0.6 is 12.6 Å². The number of carbonyl (C=O) groups excluding carboxylic acids is 3. The second kappa shape index (κ2) is 13.0. The monoisotopic (exact) mass is 468 g/mol. The maximum Gasteiger partial charge on any atom is 0.326 e. The minimum atomic E-state index is -1.36. The standard InChI is InChI=1S/C21H32N4O6S/c1-11(2)16(22)19(28)25-17(12(3)26)20(29)24-15(10-32)18(27)23-14(21(30)31)9-13-7-5-4-6-8-13/h4-8,11-12,14-17,26,32H,9-10,22H2,1-3H3,(H,23,27)(H,24,29)(H,25,28)(H,30,31). The van der Waals surface area contributed by atoms with Crippen molar-refractivity contribution in [2.24, 2.45) is 11.7 Å². The third-order valence-corrected chi connectivity index (χ3v) is 5.16. The molecule has 11 heteroatoms. The van der Waals surface area contributed by atoms with Gasteiger partial charge in [0.1, 0.15) is 18.1 Å². The Labute approximate surface area is 192 Å². The number of amides is 3. The molecule has 0 saturated carbocycles. The van der Waals surface area contributed by atoms with Crippen LogP contribution in [-0.2, 0) is 25.6 Å². The number of thiol groups is 1. The van der Waals surface area contributed by atoms with E-state index in [1.54, 1.807) is 44.2 Å². The van der Waals surface area contributed by atoms with Gasteiger partial charge in [-0.05, 0) is 18.4 Å². The molecule has 0 aliphatic carbocycles. The lowest BCUT2D eigenvalue weighted by Crippen LogP contribution is -2.60. The summed E-state index contributed by atoms with van der Waals surface area (Å²) in [6, 6.07) is 4.10. The molecule has 0 aromatic heterocycles. The van der Waals surface area contributed by atoms with E-state index in [1.807, 2.05) is 0 Å². The quantitative estimate of drug-likeness (QED) is 0.194. The van der Waals surface area contributed by atoms with E-state index in [0.29, 0.717) is 5.56 Å². The van der Waals surface area contributed by atoms with Gasteiger partial charge in [-0.1, -0.05) is 44.2 Å². The van der Waals surface area contributed by atoms with Crippen molar-refractivity contribution < 1.29 is 29.4 Å². The summed E-state index contributed by atoms with van der Waals surface area (Å²) in [5.41, 5.74) is 6.49. The van der Waals surface area contributed by atoms with Crippen LogP contribution in [-0.4, -0.2) is 69.9 Å². The van der Waals surface area contributed by atoms with Crippen LogP contribution in [0.15, 0.2) is 30.3 Å². The molecule has 5 unspecified atom stereocenters. The summed E-state index contributed by atoms with van der Waals surface area (Å²) < 4.78 is 0. The summed E-state index contributed by atoms with van der Waals surface area (Å²) >= 11 is 4.06. The zero-order valence-corrected chi connectivity index (χ0v) is 19.2. The summed E-state index contributed by atoms with van der Waals surface area (Å²) in [4.78, 5) is 49.1. The number of nitrogens with two attached hydrogens (primary N) is 1. The first-order chi connectivity index (χ1) is 15.0. The molecule has 0 aliphatic rings. The summed E-state index contributed by atoms with van der Waals surface area (Å²) in [5.74, 6) is -3.77. The largest absolute Gasteiger partial charge is 0.480 e. The van der Waals surface area contributed by atoms with Crippen molar-refractivity contribution in [2.75, 3.05) is 5.75 Å². The molecule has 0 bridgehead atoms. The molecule has 0 radical (unpaired) electrons. The van der Waals surface area contributed by atoms with Crippen molar-refractivity contribution in [2.45, 2.75) is 57.5 Å². The van der Waals surface area contributed by atoms with Crippen molar-refractivity contribution in [3.8, 4) is 0 Å². The van der Waals surface area contributed by atoms with E-state index in [4.69, 9.17) is 5.73 Å². The van der Waals surface area contributed by atoms with Crippen molar-refractivity contribution in [3.05, 3.63) is 35.9 Å². The number of aliphatic carboxylic acids is 1. The summed E-state index contributed by atoms with van der Waals surface area (Å²) in [7, 11) is 0. The van der Waals surface area contributed by atoms with E-state index in [2.05, 4.69) is 28.6 Å². The Hall–Kier alpha value is -2.63. The van der Waals surface area contributed by atoms with Gasteiger partial charge in [-0.2, -0.15) is 12.6 Å². The highest BCUT2D eigenvalue weighted by atomic mass is 32.1. The van der Waals surface area contributed by atoms with Gasteiger partial charge >= 0.3 is 5.97 Å². The second-order valence-corrected chi connectivity index (χ2v) is 8.19. The molecular formula is C21H32N4O6S. The van der Waals surface area contributed by atoms with Crippen LogP contribution in [0.1, 0.15) is 26.3 Å². The van der Waals surface area contributed by atoms with Gasteiger partial charge in [0.2, 0.25) is 17.7 Å². The van der Waals surface area contributed by atoms with Crippen LogP contribution in [0.4, 0.5) is 0 Å². The molecule has 0 aliphatic heterocycles. The lowest BCUT2D eigenvalue weighted by Gasteiger charge is -2.26. The fourth-order valence-electron chi connectivity index (χ4n) is 2.74. The number of benzene rings is 1. The third-order valence-electron chi connectivity index (χ3n) is 4.80. The Bertz CT molecular complexity index is 790. The van der Waals surface area contributed by atoms with Gasteiger partial charge in [0.25, 0.3) is 0 Å². The third kappa shape index (κ3) is 8.48.